The van der Waals surface area contributed by atoms with Crippen molar-refractivity contribution >= 4 is 11.4 Å². The number of hydrogen-bond donors (Lipinski definition) is 0. The van der Waals surface area contributed by atoms with E-state index in [4.69, 9.17) is 0 Å². The first-order chi connectivity index (χ1) is 9.69. The second-order valence-corrected chi connectivity index (χ2v) is 5.86. The molecular weight excluding hydrogens is 246 g/mol. The van der Waals surface area contributed by atoms with E-state index in [9.17, 15) is 0 Å². The third-order valence-corrected chi connectivity index (χ3v) is 4.40. The van der Waals surface area contributed by atoms with Gasteiger partial charge < -0.3 is 0 Å². The lowest BCUT2D eigenvalue weighted by Crippen LogP contribution is -2.27. The van der Waals surface area contributed by atoms with Crippen LogP contribution in [0, 0.1) is 5.41 Å². The molecule has 1 aromatic rings. The molecule has 1 atom stereocenters. The van der Waals surface area contributed by atoms with Crippen molar-refractivity contribution in [3.63, 3.8) is 0 Å². The van der Waals surface area contributed by atoms with Gasteiger partial charge in [0.25, 0.3) is 0 Å². The van der Waals surface area contributed by atoms with Gasteiger partial charge in [-0.3, -0.25) is 4.98 Å². The van der Waals surface area contributed by atoms with E-state index >= 15 is 0 Å². The minimum Gasteiger partial charge on any atom is -0.255 e. The van der Waals surface area contributed by atoms with E-state index < -0.39 is 0 Å². The molecular formula is C17H25N3. The Balaban J connectivity index is 2.01. The zero-order valence-electron chi connectivity index (χ0n) is 12.9. The van der Waals surface area contributed by atoms with Crippen molar-refractivity contribution in [3.05, 3.63) is 30.1 Å². The third-order valence-electron chi connectivity index (χ3n) is 4.40. The Bertz CT molecular complexity index is 490. The maximum absolute atomic E-state index is 4.48. The molecule has 0 saturated carbocycles. The summed E-state index contributed by atoms with van der Waals surface area (Å²) in [5.74, 6) is 0. The number of unbranched alkanes of at least 4 members (excludes halogenated alkanes) is 2. The van der Waals surface area contributed by atoms with E-state index in [1.54, 1.807) is 0 Å². The van der Waals surface area contributed by atoms with Crippen LogP contribution in [0.2, 0.25) is 0 Å². The van der Waals surface area contributed by atoms with Crippen LogP contribution < -0.4 is 0 Å². The fourth-order valence-corrected chi connectivity index (χ4v) is 2.65. The smallest absolute Gasteiger partial charge is 0.0943 e. The van der Waals surface area contributed by atoms with Gasteiger partial charge in [-0.05, 0) is 25.0 Å². The summed E-state index contributed by atoms with van der Waals surface area (Å²) in [6.45, 7) is 6.84. The average Bonchev–Trinajstić information content (AvgIpc) is 2.99. The molecule has 0 aliphatic carbocycles. The van der Waals surface area contributed by atoms with Crippen LogP contribution in [0.4, 0.5) is 0 Å². The van der Waals surface area contributed by atoms with E-state index in [1.807, 2.05) is 24.4 Å². The fourth-order valence-electron chi connectivity index (χ4n) is 2.65. The predicted molar refractivity (Wildman–Crippen MR) is 85.4 cm³/mol. The van der Waals surface area contributed by atoms with Crippen LogP contribution in [0.3, 0.4) is 0 Å². The standard InChI is InChI=1S/C17H25N3/c1-4-6-8-11-17(3,5-2)16-13-15(19-20-16)14-10-7-9-12-18-14/h7,9-10,12H,4-6,8,11,13H2,1-3H3. The summed E-state index contributed by atoms with van der Waals surface area (Å²) in [4.78, 5) is 4.37. The molecule has 0 N–H and O–H groups in total. The molecule has 0 radical (unpaired) electrons. The molecule has 108 valence electrons. The van der Waals surface area contributed by atoms with Crippen molar-refractivity contribution in [2.24, 2.45) is 15.6 Å². The van der Waals surface area contributed by atoms with E-state index in [0.717, 1.165) is 24.2 Å². The molecule has 1 aliphatic heterocycles. The summed E-state index contributed by atoms with van der Waals surface area (Å²) in [5.41, 5.74) is 3.39. The highest BCUT2D eigenvalue weighted by Gasteiger charge is 2.32. The lowest BCUT2D eigenvalue weighted by molar-refractivity contribution is 0.389. The van der Waals surface area contributed by atoms with Gasteiger partial charge in [0, 0.05) is 18.0 Å². The number of aromatic nitrogens is 1. The molecule has 3 nitrogen and oxygen atoms in total. The Morgan fingerprint density at radius 1 is 1.15 bits per heavy atom. The predicted octanol–water partition coefficient (Wildman–Crippen LogP) is 4.63. The average molecular weight is 271 g/mol. The molecule has 0 bridgehead atoms. The van der Waals surface area contributed by atoms with Crippen molar-refractivity contribution in [1.29, 1.82) is 0 Å². The van der Waals surface area contributed by atoms with Crippen molar-refractivity contribution < 1.29 is 0 Å². The van der Waals surface area contributed by atoms with Gasteiger partial charge in [0.05, 0.1) is 17.1 Å². The highest BCUT2D eigenvalue weighted by Crippen LogP contribution is 2.34. The van der Waals surface area contributed by atoms with Gasteiger partial charge in [-0.2, -0.15) is 10.2 Å². The Kier molecular flexibility index (Phi) is 5.05. The van der Waals surface area contributed by atoms with Crippen LogP contribution >= 0.6 is 0 Å². The van der Waals surface area contributed by atoms with Crippen molar-refractivity contribution in [2.45, 2.75) is 59.3 Å². The van der Waals surface area contributed by atoms with Crippen LogP contribution in [0.5, 0.6) is 0 Å². The van der Waals surface area contributed by atoms with Gasteiger partial charge in [0.1, 0.15) is 0 Å². The zero-order valence-corrected chi connectivity index (χ0v) is 12.9. The van der Waals surface area contributed by atoms with Crippen molar-refractivity contribution in [1.82, 2.24) is 4.98 Å². The summed E-state index contributed by atoms with van der Waals surface area (Å²) in [6, 6.07) is 5.95. The Morgan fingerprint density at radius 3 is 2.65 bits per heavy atom. The van der Waals surface area contributed by atoms with Crippen LogP contribution in [0.15, 0.2) is 34.6 Å². The molecule has 0 spiro atoms. The second kappa shape index (κ2) is 6.78. The van der Waals surface area contributed by atoms with Gasteiger partial charge in [-0.25, -0.2) is 0 Å². The maximum Gasteiger partial charge on any atom is 0.0943 e. The number of pyridine rings is 1. The van der Waals surface area contributed by atoms with Gasteiger partial charge in [-0.1, -0.05) is 46.1 Å². The molecule has 0 aromatic carbocycles. The van der Waals surface area contributed by atoms with Crippen LogP contribution in [0.25, 0.3) is 0 Å². The van der Waals surface area contributed by atoms with Gasteiger partial charge in [-0.15, -0.1) is 0 Å². The fraction of sp³-hybridized carbons (Fsp3) is 0.588. The van der Waals surface area contributed by atoms with Crippen molar-refractivity contribution in [2.75, 3.05) is 0 Å². The molecule has 0 saturated heterocycles. The molecule has 0 fully saturated rings. The molecule has 2 rings (SSSR count). The molecule has 20 heavy (non-hydrogen) atoms. The quantitative estimate of drug-likeness (QED) is 0.666. The molecule has 2 heterocycles. The number of hydrogen-bond acceptors (Lipinski definition) is 3. The normalized spacial score (nSPS) is 17.6. The van der Waals surface area contributed by atoms with Crippen LogP contribution in [0.1, 0.15) is 65.0 Å². The first-order valence-electron chi connectivity index (χ1n) is 7.75. The van der Waals surface area contributed by atoms with Crippen molar-refractivity contribution in [3.8, 4) is 0 Å². The Morgan fingerprint density at radius 2 is 2.00 bits per heavy atom. The highest BCUT2D eigenvalue weighted by molar-refractivity contribution is 6.15. The lowest BCUT2D eigenvalue weighted by Gasteiger charge is -2.28. The topological polar surface area (TPSA) is 37.6 Å². The summed E-state index contributed by atoms with van der Waals surface area (Å²) in [7, 11) is 0. The molecule has 1 aromatic heterocycles. The maximum atomic E-state index is 4.48. The minimum atomic E-state index is 0.190. The molecule has 1 unspecified atom stereocenters. The monoisotopic (exact) mass is 271 g/mol. The largest absolute Gasteiger partial charge is 0.255 e. The van der Waals surface area contributed by atoms with E-state index in [1.165, 1.54) is 31.4 Å². The summed E-state index contributed by atoms with van der Waals surface area (Å²) >= 11 is 0. The molecule has 3 heteroatoms. The van der Waals surface area contributed by atoms with E-state index in [-0.39, 0.29) is 5.41 Å². The highest BCUT2D eigenvalue weighted by atomic mass is 15.2. The first kappa shape index (κ1) is 14.9. The third kappa shape index (κ3) is 3.33. The molecule has 0 amide bonds. The van der Waals surface area contributed by atoms with Gasteiger partial charge in [0.2, 0.25) is 0 Å². The summed E-state index contributed by atoms with van der Waals surface area (Å²) in [6.07, 6.45) is 8.85. The number of nitrogens with zero attached hydrogens (tertiary/aromatic N) is 3. The van der Waals surface area contributed by atoms with Crippen LogP contribution in [-0.4, -0.2) is 16.4 Å². The van der Waals surface area contributed by atoms with Gasteiger partial charge >= 0.3 is 0 Å². The Hall–Kier alpha value is -1.51. The van der Waals surface area contributed by atoms with Crippen LogP contribution in [-0.2, 0) is 0 Å². The van der Waals surface area contributed by atoms with E-state index in [2.05, 4.69) is 36.0 Å². The Labute approximate surface area is 122 Å². The van der Waals surface area contributed by atoms with Gasteiger partial charge in [0.15, 0.2) is 0 Å². The zero-order chi connectivity index (χ0) is 14.4. The lowest BCUT2D eigenvalue weighted by atomic mass is 9.76. The van der Waals surface area contributed by atoms with E-state index in [0.29, 0.717) is 0 Å². The summed E-state index contributed by atoms with van der Waals surface area (Å²) in [5, 5.41) is 8.85. The SMILES string of the molecule is CCCCCC(C)(CC)C1=NN=C(c2ccccn2)C1. The molecule has 1 aliphatic rings. The number of rotatable bonds is 7. The first-order valence-corrected chi connectivity index (χ1v) is 7.75. The second-order valence-electron chi connectivity index (χ2n) is 5.86. The summed E-state index contributed by atoms with van der Waals surface area (Å²) < 4.78 is 0. The minimum absolute atomic E-state index is 0.190.